The fourth-order valence-corrected chi connectivity index (χ4v) is 8.75. The molecule has 47 heavy (non-hydrogen) atoms. The molecule has 0 aliphatic heterocycles. The summed E-state index contributed by atoms with van der Waals surface area (Å²) in [5.74, 6) is 0. The van der Waals surface area contributed by atoms with Gasteiger partial charge in [0.1, 0.15) is 11.2 Å². The van der Waals surface area contributed by atoms with E-state index >= 15 is 0 Å². The number of fused-ring (bicyclic) bond motifs is 15. The van der Waals surface area contributed by atoms with Crippen LogP contribution in [-0.4, -0.2) is 4.57 Å². The van der Waals surface area contributed by atoms with Crippen LogP contribution in [0.1, 0.15) is 22.3 Å². The molecule has 9 aromatic rings. The van der Waals surface area contributed by atoms with Crippen LogP contribution in [-0.2, 0) is 5.41 Å². The predicted molar refractivity (Wildman–Crippen MR) is 191 cm³/mol. The third-order valence-corrected chi connectivity index (χ3v) is 10.6. The third-order valence-electron chi connectivity index (χ3n) is 10.6. The maximum atomic E-state index is 13.9. The Hall–Kier alpha value is -6.19. The summed E-state index contributed by atoms with van der Waals surface area (Å²) >= 11 is 0. The first-order chi connectivity index (χ1) is 23.2. The van der Waals surface area contributed by atoms with Crippen LogP contribution in [0.4, 0.5) is 0 Å². The zero-order valence-corrected chi connectivity index (χ0v) is 25.2. The molecule has 11 rings (SSSR count). The lowest BCUT2D eigenvalue weighted by Gasteiger charge is -2.30. The zero-order valence-electron chi connectivity index (χ0n) is 25.2. The maximum Gasteiger partial charge on any atom is 0.200 e. The number of nitrogens with zero attached hydrogens (tertiary/aromatic N) is 1. The van der Waals surface area contributed by atoms with E-state index < -0.39 is 5.41 Å². The molecule has 0 saturated heterocycles. The minimum absolute atomic E-state index is 0.00407. The minimum atomic E-state index is -0.581. The minimum Gasteiger partial charge on any atom is -0.456 e. The first kappa shape index (κ1) is 25.1. The average Bonchev–Trinajstić information content (AvgIpc) is 3.71. The number of rotatable bonds is 1. The van der Waals surface area contributed by atoms with Crippen molar-refractivity contribution in [2.24, 2.45) is 0 Å². The van der Waals surface area contributed by atoms with Crippen molar-refractivity contribution in [1.82, 2.24) is 4.57 Å². The molecule has 1 atom stereocenters. The second kappa shape index (κ2) is 8.74. The van der Waals surface area contributed by atoms with Gasteiger partial charge in [-0.3, -0.25) is 4.79 Å². The second-order valence-corrected chi connectivity index (χ2v) is 12.8. The van der Waals surface area contributed by atoms with E-state index in [1.807, 2.05) is 24.3 Å². The maximum absolute atomic E-state index is 13.9. The van der Waals surface area contributed by atoms with Crippen LogP contribution >= 0.6 is 0 Å². The Morgan fingerprint density at radius 2 is 1.02 bits per heavy atom. The molecule has 3 heteroatoms. The van der Waals surface area contributed by atoms with Gasteiger partial charge in [0.25, 0.3) is 0 Å². The van der Waals surface area contributed by atoms with E-state index in [0.29, 0.717) is 21.9 Å². The van der Waals surface area contributed by atoms with Crippen LogP contribution in [0.2, 0.25) is 0 Å². The lowest BCUT2D eigenvalue weighted by Crippen LogP contribution is -2.26. The molecule has 7 aromatic carbocycles. The highest BCUT2D eigenvalue weighted by atomic mass is 16.3. The van der Waals surface area contributed by atoms with Gasteiger partial charge in [-0.2, -0.15) is 0 Å². The lowest BCUT2D eigenvalue weighted by atomic mass is 9.70. The Balaban J connectivity index is 1.33. The first-order valence-corrected chi connectivity index (χ1v) is 16.1. The van der Waals surface area contributed by atoms with Crippen LogP contribution in [0.25, 0.3) is 71.7 Å². The van der Waals surface area contributed by atoms with Crippen LogP contribution in [0, 0.1) is 0 Å². The van der Waals surface area contributed by atoms with Gasteiger partial charge in [-0.15, -0.1) is 0 Å². The topological polar surface area (TPSA) is 35.1 Å². The molecular weight excluding hydrogens is 574 g/mol. The van der Waals surface area contributed by atoms with Gasteiger partial charge in [-0.1, -0.05) is 97.1 Å². The van der Waals surface area contributed by atoms with Crippen molar-refractivity contribution < 1.29 is 4.42 Å². The van der Waals surface area contributed by atoms with Crippen LogP contribution < -0.4 is 5.43 Å². The van der Waals surface area contributed by atoms with Gasteiger partial charge in [-0.25, -0.2) is 0 Å². The summed E-state index contributed by atoms with van der Waals surface area (Å²) in [7, 11) is 0. The number of hydrogen-bond acceptors (Lipinski definition) is 2. The van der Waals surface area contributed by atoms with Gasteiger partial charge >= 0.3 is 0 Å². The van der Waals surface area contributed by atoms with Crippen molar-refractivity contribution in [1.29, 1.82) is 0 Å². The number of hydrogen-bond donors (Lipinski definition) is 0. The van der Waals surface area contributed by atoms with Crippen molar-refractivity contribution in [3.05, 3.63) is 184 Å². The Morgan fingerprint density at radius 1 is 0.426 bits per heavy atom. The second-order valence-electron chi connectivity index (χ2n) is 12.8. The van der Waals surface area contributed by atoms with Crippen molar-refractivity contribution in [2.75, 3.05) is 0 Å². The monoisotopic (exact) mass is 599 g/mol. The fraction of sp³-hybridized carbons (Fsp3) is 0.0227. The predicted octanol–water partition coefficient (Wildman–Crippen LogP) is 10.4. The molecular formula is C44H25NO2. The van der Waals surface area contributed by atoms with Gasteiger partial charge < -0.3 is 8.98 Å². The van der Waals surface area contributed by atoms with Crippen molar-refractivity contribution in [3.8, 4) is 27.9 Å². The standard InChI is InChI=1S/C44H25NO2/c46-43-30-17-7-11-21-41(30)47-42-25-38-32(23-34(42)43)28-15-5-9-19-36(28)44(38)35-18-8-4-14-27(35)31-22-33-29-16-6-10-20-39(29)45(40(33)24-37(31)44)26-12-2-1-3-13-26/h1-25H. The molecule has 2 aliphatic rings. The van der Waals surface area contributed by atoms with Gasteiger partial charge in [0, 0.05) is 16.5 Å². The number of benzene rings is 7. The molecule has 0 fully saturated rings. The van der Waals surface area contributed by atoms with E-state index in [4.69, 9.17) is 4.42 Å². The molecule has 0 radical (unpaired) electrons. The summed E-state index contributed by atoms with van der Waals surface area (Å²) in [6.45, 7) is 0. The van der Waals surface area contributed by atoms with E-state index in [0.717, 1.165) is 22.4 Å². The summed E-state index contributed by atoms with van der Waals surface area (Å²) in [6.07, 6.45) is 0. The molecule has 1 unspecified atom stereocenters. The van der Waals surface area contributed by atoms with Crippen LogP contribution in [0.15, 0.2) is 161 Å². The smallest absolute Gasteiger partial charge is 0.200 e. The Bertz CT molecular complexity index is 2880. The van der Waals surface area contributed by atoms with Crippen LogP contribution in [0.5, 0.6) is 0 Å². The highest BCUT2D eigenvalue weighted by Gasteiger charge is 2.52. The molecule has 3 nitrogen and oxygen atoms in total. The quantitative estimate of drug-likeness (QED) is 0.176. The van der Waals surface area contributed by atoms with E-state index in [9.17, 15) is 4.79 Å². The largest absolute Gasteiger partial charge is 0.456 e. The first-order valence-electron chi connectivity index (χ1n) is 16.1. The third kappa shape index (κ3) is 3.00. The lowest BCUT2D eigenvalue weighted by molar-refractivity contribution is 0.657. The number of aromatic nitrogens is 1. The molecule has 0 bridgehead atoms. The normalized spacial score (nSPS) is 15.8. The summed E-state index contributed by atoms with van der Waals surface area (Å²) in [4.78, 5) is 13.9. The molecule has 2 aromatic heterocycles. The Labute approximate surface area is 269 Å². The van der Waals surface area contributed by atoms with Gasteiger partial charge in [0.15, 0.2) is 0 Å². The Kier molecular flexibility index (Phi) is 4.66. The molecule has 1 spiro atoms. The highest BCUT2D eigenvalue weighted by molar-refractivity contribution is 6.12. The molecule has 0 N–H and O–H groups in total. The number of para-hydroxylation sites is 3. The van der Waals surface area contributed by atoms with Gasteiger partial charge in [0.05, 0.1) is 27.2 Å². The highest BCUT2D eigenvalue weighted by Crippen LogP contribution is 2.63. The van der Waals surface area contributed by atoms with E-state index in [1.54, 1.807) is 0 Å². The summed E-state index contributed by atoms with van der Waals surface area (Å²) in [5.41, 5.74) is 13.8. The molecule has 2 aliphatic carbocycles. The van der Waals surface area contributed by atoms with Crippen molar-refractivity contribution in [2.45, 2.75) is 5.41 Å². The van der Waals surface area contributed by atoms with E-state index in [1.165, 1.54) is 49.6 Å². The van der Waals surface area contributed by atoms with E-state index in [-0.39, 0.29) is 5.43 Å². The summed E-state index contributed by atoms with van der Waals surface area (Å²) < 4.78 is 8.91. The summed E-state index contributed by atoms with van der Waals surface area (Å²) in [6, 6.07) is 53.6. The van der Waals surface area contributed by atoms with Crippen molar-refractivity contribution in [3.63, 3.8) is 0 Å². The van der Waals surface area contributed by atoms with Crippen LogP contribution in [0.3, 0.4) is 0 Å². The Morgan fingerprint density at radius 3 is 1.79 bits per heavy atom. The van der Waals surface area contributed by atoms with Gasteiger partial charge in [0.2, 0.25) is 5.43 Å². The average molecular weight is 600 g/mol. The van der Waals surface area contributed by atoms with Gasteiger partial charge in [-0.05, 0) is 99.1 Å². The SMILES string of the molecule is O=c1c2ccccc2oc2cc3c(cc12)-c1ccccc1C31c2ccccc2-c2cc3c4ccccc4n(-c4ccccc4)c3cc21. The summed E-state index contributed by atoms with van der Waals surface area (Å²) in [5, 5.41) is 3.69. The fourth-order valence-electron chi connectivity index (χ4n) is 8.75. The molecule has 218 valence electrons. The van der Waals surface area contributed by atoms with Crippen molar-refractivity contribution >= 4 is 43.7 Å². The van der Waals surface area contributed by atoms with E-state index in [2.05, 4.69) is 132 Å². The molecule has 0 amide bonds. The molecule has 2 heterocycles. The molecule has 0 saturated carbocycles. The zero-order chi connectivity index (χ0) is 30.9.